The number of fused-ring (bicyclic) bond motifs is 1. The zero-order chi connectivity index (χ0) is 18.8. The summed E-state index contributed by atoms with van der Waals surface area (Å²) < 4.78 is 13.1. The normalized spacial score (nSPS) is 10.9. The number of imidazole rings is 1. The molecule has 3 aromatic carbocycles. The van der Waals surface area contributed by atoms with Crippen LogP contribution >= 0.6 is 0 Å². The van der Waals surface area contributed by atoms with Gasteiger partial charge in [0.25, 0.3) is 0 Å². The third-order valence-electron chi connectivity index (χ3n) is 4.73. The van der Waals surface area contributed by atoms with E-state index >= 15 is 0 Å². The van der Waals surface area contributed by atoms with E-state index in [4.69, 9.17) is 14.5 Å². The molecule has 1 aromatic heterocycles. The van der Waals surface area contributed by atoms with Crippen molar-refractivity contribution in [2.45, 2.75) is 13.5 Å². The van der Waals surface area contributed by atoms with Crippen LogP contribution in [-0.2, 0) is 6.54 Å². The number of rotatable bonds is 5. The summed E-state index contributed by atoms with van der Waals surface area (Å²) in [5.74, 6) is 2.39. The minimum Gasteiger partial charge on any atom is -0.497 e. The molecule has 0 N–H and O–H groups in total. The smallest absolute Gasteiger partial charge is 0.141 e. The number of para-hydroxylation sites is 2. The fraction of sp³-hybridized carbons (Fsp3) is 0.174. The zero-order valence-corrected chi connectivity index (χ0v) is 15.8. The van der Waals surface area contributed by atoms with Crippen LogP contribution < -0.4 is 9.47 Å². The van der Waals surface area contributed by atoms with Crippen molar-refractivity contribution in [1.82, 2.24) is 9.55 Å². The molecule has 0 saturated carbocycles. The van der Waals surface area contributed by atoms with Gasteiger partial charge in [-0.25, -0.2) is 4.98 Å². The lowest BCUT2D eigenvalue weighted by molar-refractivity contribution is 0.394. The monoisotopic (exact) mass is 358 g/mol. The molecule has 4 rings (SSSR count). The summed E-state index contributed by atoms with van der Waals surface area (Å²) in [4.78, 5) is 4.90. The molecule has 0 spiro atoms. The zero-order valence-electron chi connectivity index (χ0n) is 15.8. The standard InChI is InChI=1S/C23H22N2O2/c1-16-8-10-17(11-9-16)15-25-22-7-5-4-6-21(22)24-23(25)18-12-19(26-2)14-20(13-18)27-3/h4-14H,15H2,1-3H3. The molecule has 0 radical (unpaired) electrons. The summed E-state index contributed by atoms with van der Waals surface area (Å²) in [6, 6.07) is 22.7. The average molecular weight is 358 g/mol. The van der Waals surface area contributed by atoms with Gasteiger partial charge in [0.15, 0.2) is 0 Å². The second-order valence-corrected chi connectivity index (χ2v) is 6.60. The summed E-state index contributed by atoms with van der Waals surface area (Å²) in [6.45, 7) is 2.85. The van der Waals surface area contributed by atoms with Gasteiger partial charge in [0.05, 0.1) is 25.3 Å². The maximum absolute atomic E-state index is 5.45. The first-order chi connectivity index (χ1) is 13.2. The van der Waals surface area contributed by atoms with Crippen LogP contribution in [0.5, 0.6) is 11.5 Å². The Kier molecular flexibility index (Phi) is 4.55. The highest BCUT2D eigenvalue weighted by Crippen LogP contribution is 2.32. The molecule has 0 aliphatic heterocycles. The lowest BCUT2D eigenvalue weighted by Gasteiger charge is -2.12. The Morgan fingerprint density at radius 3 is 2.19 bits per heavy atom. The van der Waals surface area contributed by atoms with Crippen molar-refractivity contribution in [2.24, 2.45) is 0 Å². The van der Waals surface area contributed by atoms with E-state index in [1.165, 1.54) is 11.1 Å². The minimum absolute atomic E-state index is 0.746. The number of hydrogen-bond donors (Lipinski definition) is 0. The second kappa shape index (κ2) is 7.16. The van der Waals surface area contributed by atoms with Crippen molar-refractivity contribution in [3.05, 3.63) is 77.9 Å². The maximum Gasteiger partial charge on any atom is 0.141 e. The van der Waals surface area contributed by atoms with Crippen molar-refractivity contribution < 1.29 is 9.47 Å². The lowest BCUT2D eigenvalue weighted by atomic mass is 10.1. The number of benzene rings is 3. The van der Waals surface area contributed by atoms with Crippen LogP contribution in [0.1, 0.15) is 11.1 Å². The van der Waals surface area contributed by atoms with E-state index in [0.717, 1.165) is 40.5 Å². The van der Waals surface area contributed by atoms with Crippen LogP contribution in [0, 0.1) is 6.92 Å². The number of aromatic nitrogens is 2. The highest BCUT2D eigenvalue weighted by Gasteiger charge is 2.15. The van der Waals surface area contributed by atoms with Crippen molar-refractivity contribution in [3.63, 3.8) is 0 Å². The lowest BCUT2D eigenvalue weighted by Crippen LogP contribution is -2.02. The fourth-order valence-corrected chi connectivity index (χ4v) is 3.27. The Bertz CT molecular complexity index is 1060. The molecule has 136 valence electrons. The first kappa shape index (κ1) is 17.2. The number of hydrogen-bond acceptors (Lipinski definition) is 3. The van der Waals surface area contributed by atoms with Crippen molar-refractivity contribution in [1.29, 1.82) is 0 Å². The summed E-state index contributed by atoms with van der Waals surface area (Å²) in [7, 11) is 3.32. The third kappa shape index (κ3) is 3.38. The summed E-state index contributed by atoms with van der Waals surface area (Å²) in [6.07, 6.45) is 0. The van der Waals surface area contributed by atoms with Gasteiger partial charge in [-0.15, -0.1) is 0 Å². The SMILES string of the molecule is COc1cc(OC)cc(-c2nc3ccccc3n2Cc2ccc(C)cc2)c1. The second-order valence-electron chi connectivity index (χ2n) is 6.60. The molecule has 4 heteroatoms. The van der Waals surface area contributed by atoms with E-state index < -0.39 is 0 Å². The molecular formula is C23H22N2O2. The Morgan fingerprint density at radius 2 is 1.52 bits per heavy atom. The van der Waals surface area contributed by atoms with Gasteiger partial charge >= 0.3 is 0 Å². The molecule has 4 aromatic rings. The number of methoxy groups -OCH3 is 2. The first-order valence-corrected chi connectivity index (χ1v) is 8.92. The maximum atomic E-state index is 5.45. The Balaban J connectivity index is 1.89. The van der Waals surface area contributed by atoms with Crippen LogP contribution in [-0.4, -0.2) is 23.8 Å². The molecule has 0 aliphatic carbocycles. The van der Waals surface area contributed by atoms with Crippen molar-refractivity contribution in [3.8, 4) is 22.9 Å². The van der Waals surface area contributed by atoms with Gasteiger partial charge in [-0.2, -0.15) is 0 Å². The average Bonchev–Trinajstić information content (AvgIpc) is 3.08. The van der Waals surface area contributed by atoms with Gasteiger partial charge in [0, 0.05) is 18.2 Å². The molecule has 0 unspecified atom stereocenters. The molecule has 0 aliphatic rings. The molecule has 0 amide bonds. The van der Waals surface area contributed by atoms with Crippen molar-refractivity contribution in [2.75, 3.05) is 14.2 Å². The summed E-state index contributed by atoms with van der Waals surface area (Å²) in [5, 5.41) is 0. The van der Waals surface area contributed by atoms with Gasteiger partial charge in [0.1, 0.15) is 17.3 Å². The van der Waals surface area contributed by atoms with E-state index in [1.807, 2.05) is 36.4 Å². The quantitative estimate of drug-likeness (QED) is 0.499. The molecule has 27 heavy (non-hydrogen) atoms. The van der Waals surface area contributed by atoms with Gasteiger partial charge in [-0.3, -0.25) is 0 Å². The Hall–Kier alpha value is -3.27. The van der Waals surface area contributed by atoms with E-state index in [2.05, 4.69) is 41.8 Å². The largest absolute Gasteiger partial charge is 0.497 e. The van der Waals surface area contributed by atoms with Crippen LogP contribution in [0.2, 0.25) is 0 Å². The van der Waals surface area contributed by atoms with E-state index in [9.17, 15) is 0 Å². The van der Waals surface area contributed by atoms with Crippen LogP contribution in [0.4, 0.5) is 0 Å². The molecule has 4 nitrogen and oxygen atoms in total. The van der Waals surface area contributed by atoms with E-state index in [1.54, 1.807) is 14.2 Å². The highest BCUT2D eigenvalue weighted by atomic mass is 16.5. The summed E-state index contributed by atoms with van der Waals surface area (Å²) in [5.41, 5.74) is 5.54. The van der Waals surface area contributed by atoms with Gasteiger partial charge in [-0.05, 0) is 36.8 Å². The molecule has 0 fully saturated rings. The van der Waals surface area contributed by atoms with Gasteiger partial charge in [0.2, 0.25) is 0 Å². The molecule has 0 bridgehead atoms. The molecule has 0 atom stereocenters. The Morgan fingerprint density at radius 1 is 0.852 bits per heavy atom. The molecular weight excluding hydrogens is 336 g/mol. The number of aryl methyl sites for hydroxylation is 1. The van der Waals surface area contributed by atoms with E-state index in [0.29, 0.717) is 0 Å². The number of ether oxygens (including phenoxy) is 2. The van der Waals surface area contributed by atoms with Gasteiger partial charge in [-0.1, -0.05) is 42.0 Å². The predicted molar refractivity (Wildman–Crippen MR) is 109 cm³/mol. The Labute approximate surface area is 159 Å². The highest BCUT2D eigenvalue weighted by molar-refractivity contribution is 5.81. The molecule has 1 heterocycles. The molecule has 0 saturated heterocycles. The topological polar surface area (TPSA) is 36.3 Å². The summed E-state index contributed by atoms with van der Waals surface area (Å²) >= 11 is 0. The fourth-order valence-electron chi connectivity index (χ4n) is 3.27. The minimum atomic E-state index is 0.746. The van der Waals surface area contributed by atoms with Crippen LogP contribution in [0.15, 0.2) is 66.7 Å². The van der Waals surface area contributed by atoms with Crippen molar-refractivity contribution >= 4 is 11.0 Å². The number of nitrogens with zero attached hydrogens (tertiary/aromatic N) is 2. The predicted octanol–water partition coefficient (Wildman–Crippen LogP) is 5.08. The van der Waals surface area contributed by atoms with Crippen LogP contribution in [0.3, 0.4) is 0 Å². The van der Waals surface area contributed by atoms with Gasteiger partial charge < -0.3 is 14.0 Å². The third-order valence-corrected chi connectivity index (χ3v) is 4.73. The van der Waals surface area contributed by atoms with E-state index in [-0.39, 0.29) is 0 Å². The van der Waals surface area contributed by atoms with Crippen LogP contribution in [0.25, 0.3) is 22.4 Å². The first-order valence-electron chi connectivity index (χ1n) is 8.92.